The van der Waals surface area contributed by atoms with Crippen LogP contribution in [0.1, 0.15) is 18.0 Å². The monoisotopic (exact) mass is 350 g/mol. The molecule has 3 aromatic rings. The van der Waals surface area contributed by atoms with Gasteiger partial charge < -0.3 is 20.9 Å². The fourth-order valence-electron chi connectivity index (χ4n) is 3.30. The van der Waals surface area contributed by atoms with Gasteiger partial charge in [-0.2, -0.15) is 5.10 Å². The van der Waals surface area contributed by atoms with Gasteiger partial charge in [0.05, 0.1) is 12.6 Å². The molecule has 1 unspecified atom stereocenters. The molecule has 26 heavy (non-hydrogen) atoms. The first kappa shape index (κ1) is 16.6. The van der Waals surface area contributed by atoms with Crippen LogP contribution in [0.5, 0.6) is 11.5 Å². The molecule has 6 nitrogen and oxygen atoms in total. The summed E-state index contributed by atoms with van der Waals surface area (Å²) in [6, 6.07) is 17.6. The van der Waals surface area contributed by atoms with Crippen molar-refractivity contribution < 1.29 is 9.84 Å². The van der Waals surface area contributed by atoms with Gasteiger partial charge in [0.2, 0.25) is 0 Å². The lowest BCUT2D eigenvalue weighted by molar-refractivity contribution is 0.282. The molecular weight excluding hydrogens is 328 g/mol. The molecule has 0 saturated carbocycles. The van der Waals surface area contributed by atoms with Crippen LogP contribution in [0.25, 0.3) is 11.3 Å². The van der Waals surface area contributed by atoms with Crippen LogP contribution in [0.15, 0.2) is 54.6 Å². The third-order valence-electron chi connectivity index (χ3n) is 4.66. The number of hydrogen-bond donors (Lipinski definition) is 3. The van der Waals surface area contributed by atoms with E-state index in [1.54, 1.807) is 0 Å². The number of aromatic nitrogens is 2. The minimum absolute atomic E-state index is 0.0722. The van der Waals surface area contributed by atoms with Crippen LogP contribution in [0.4, 0.5) is 5.82 Å². The van der Waals surface area contributed by atoms with Crippen LogP contribution in [-0.4, -0.2) is 28.0 Å². The lowest BCUT2D eigenvalue weighted by Crippen LogP contribution is -2.29. The summed E-state index contributed by atoms with van der Waals surface area (Å²) in [7, 11) is 0. The van der Waals surface area contributed by atoms with Gasteiger partial charge in [0.1, 0.15) is 23.0 Å². The second-order valence-electron chi connectivity index (χ2n) is 6.32. The maximum Gasteiger partial charge on any atom is 0.130 e. The third-order valence-corrected chi connectivity index (χ3v) is 4.66. The SMILES string of the molecule is NCC1CCNc2c(CO)c(-c3ccc(Oc4ccccc4)cc3)nn21. The number of para-hydroxylation sites is 1. The van der Waals surface area contributed by atoms with Crippen LogP contribution in [0, 0.1) is 0 Å². The zero-order valence-corrected chi connectivity index (χ0v) is 14.4. The fraction of sp³-hybridized carbons (Fsp3) is 0.250. The van der Waals surface area contributed by atoms with E-state index < -0.39 is 0 Å². The number of rotatable bonds is 5. The second-order valence-corrected chi connectivity index (χ2v) is 6.32. The summed E-state index contributed by atoms with van der Waals surface area (Å²) in [5, 5.41) is 18.0. The maximum absolute atomic E-state index is 9.88. The van der Waals surface area contributed by atoms with Crippen LogP contribution >= 0.6 is 0 Å². The van der Waals surface area contributed by atoms with Gasteiger partial charge >= 0.3 is 0 Å². The summed E-state index contributed by atoms with van der Waals surface area (Å²) >= 11 is 0. The highest BCUT2D eigenvalue weighted by atomic mass is 16.5. The van der Waals surface area contributed by atoms with Gasteiger partial charge in [-0.3, -0.25) is 0 Å². The maximum atomic E-state index is 9.88. The normalized spacial score (nSPS) is 16.0. The average molecular weight is 350 g/mol. The number of nitrogens with two attached hydrogens (primary N) is 1. The molecule has 0 radical (unpaired) electrons. The molecule has 0 bridgehead atoms. The van der Waals surface area contributed by atoms with Gasteiger partial charge in [0, 0.05) is 24.2 Å². The highest BCUT2D eigenvalue weighted by molar-refractivity contribution is 5.70. The first-order valence-electron chi connectivity index (χ1n) is 8.79. The van der Waals surface area contributed by atoms with E-state index >= 15 is 0 Å². The van der Waals surface area contributed by atoms with Gasteiger partial charge in [-0.05, 0) is 42.8 Å². The number of benzene rings is 2. The summed E-state index contributed by atoms with van der Waals surface area (Å²) in [6.45, 7) is 1.30. The van der Waals surface area contributed by atoms with Crippen molar-refractivity contribution in [2.45, 2.75) is 19.1 Å². The Morgan fingerprint density at radius 1 is 1.12 bits per heavy atom. The Bertz CT molecular complexity index is 875. The summed E-state index contributed by atoms with van der Waals surface area (Å²) < 4.78 is 7.75. The molecule has 0 spiro atoms. The predicted molar refractivity (Wildman–Crippen MR) is 101 cm³/mol. The molecular formula is C20H22N4O2. The number of nitrogens with one attached hydrogen (secondary N) is 1. The molecule has 4 rings (SSSR count). The first-order chi connectivity index (χ1) is 12.8. The van der Waals surface area contributed by atoms with Crippen molar-refractivity contribution in [2.75, 3.05) is 18.4 Å². The minimum atomic E-state index is -0.0722. The van der Waals surface area contributed by atoms with E-state index in [0.717, 1.165) is 47.1 Å². The van der Waals surface area contributed by atoms with Gasteiger partial charge in [-0.1, -0.05) is 18.2 Å². The zero-order chi connectivity index (χ0) is 17.9. The van der Waals surface area contributed by atoms with E-state index in [4.69, 9.17) is 15.6 Å². The predicted octanol–water partition coefficient (Wildman–Crippen LogP) is 3.15. The van der Waals surface area contributed by atoms with Gasteiger partial charge in [-0.25, -0.2) is 4.68 Å². The number of hydrogen-bond acceptors (Lipinski definition) is 5. The summed E-state index contributed by atoms with van der Waals surface area (Å²) in [6.07, 6.45) is 0.930. The molecule has 1 aliphatic rings. The van der Waals surface area contributed by atoms with E-state index in [1.165, 1.54) is 0 Å². The molecule has 0 fully saturated rings. The highest BCUT2D eigenvalue weighted by Crippen LogP contribution is 2.35. The molecule has 4 N–H and O–H groups in total. The molecule has 0 amide bonds. The van der Waals surface area contributed by atoms with Crippen LogP contribution in [-0.2, 0) is 6.61 Å². The number of nitrogens with zero attached hydrogens (tertiary/aromatic N) is 2. The second kappa shape index (κ2) is 7.19. The lowest BCUT2D eigenvalue weighted by Gasteiger charge is -2.24. The smallest absolute Gasteiger partial charge is 0.130 e. The number of ether oxygens (including phenoxy) is 1. The molecule has 0 saturated heterocycles. The summed E-state index contributed by atoms with van der Waals surface area (Å²) in [4.78, 5) is 0. The molecule has 2 aromatic carbocycles. The zero-order valence-electron chi connectivity index (χ0n) is 14.4. The Morgan fingerprint density at radius 3 is 2.54 bits per heavy atom. The van der Waals surface area contributed by atoms with Crippen LogP contribution in [0.2, 0.25) is 0 Å². The Morgan fingerprint density at radius 2 is 1.85 bits per heavy atom. The molecule has 1 aromatic heterocycles. The topological polar surface area (TPSA) is 85.3 Å². The standard InChI is InChI=1S/C20H22N4O2/c21-12-15-10-11-22-20-18(13-25)19(23-24(15)20)14-6-8-17(9-7-14)26-16-4-2-1-3-5-16/h1-9,15,22,25H,10-13,21H2. The molecule has 0 aliphatic carbocycles. The van der Waals surface area contributed by atoms with E-state index in [0.29, 0.717) is 6.54 Å². The fourth-order valence-corrected chi connectivity index (χ4v) is 3.30. The van der Waals surface area contributed by atoms with Crippen LogP contribution < -0.4 is 15.8 Å². The van der Waals surface area contributed by atoms with Crippen molar-refractivity contribution in [2.24, 2.45) is 5.73 Å². The number of aliphatic hydroxyl groups excluding tert-OH is 1. The summed E-state index contributed by atoms with van der Waals surface area (Å²) in [5.41, 5.74) is 8.41. The van der Waals surface area contributed by atoms with E-state index in [9.17, 15) is 5.11 Å². The third kappa shape index (κ3) is 3.05. The Labute approximate surface area is 152 Å². The molecule has 2 heterocycles. The number of aliphatic hydroxyl groups is 1. The van der Waals surface area contributed by atoms with Crippen molar-refractivity contribution in [3.8, 4) is 22.8 Å². The molecule has 134 valence electrons. The van der Waals surface area contributed by atoms with E-state index in [2.05, 4.69) is 5.32 Å². The van der Waals surface area contributed by atoms with E-state index in [1.807, 2.05) is 59.3 Å². The Hall–Kier alpha value is -2.83. The minimum Gasteiger partial charge on any atom is -0.457 e. The van der Waals surface area contributed by atoms with Gasteiger partial charge in [0.25, 0.3) is 0 Å². The highest BCUT2D eigenvalue weighted by Gasteiger charge is 2.25. The first-order valence-corrected chi connectivity index (χ1v) is 8.79. The largest absolute Gasteiger partial charge is 0.457 e. The van der Waals surface area contributed by atoms with Gasteiger partial charge in [0.15, 0.2) is 0 Å². The Balaban J connectivity index is 1.64. The van der Waals surface area contributed by atoms with Crippen molar-refractivity contribution in [3.63, 3.8) is 0 Å². The molecule has 1 atom stereocenters. The number of fused-ring (bicyclic) bond motifs is 1. The quantitative estimate of drug-likeness (QED) is 0.658. The summed E-state index contributed by atoms with van der Waals surface area (Å²) in [5.74, 6) is 2.42. The van der Waals surface area contributed by atoms with Crippen molar-refractivity contribution in [3.05, 3.63) is 60.2 Å². The van der Waals surface area contributed by atoms with Crippen LogP contribution in [0.3, 0.4) is 0 Å². The van der Waals surface area contributed by atoms with E-state index in [-0.39, 0.29) is 12.6 Å². The molecule has 1 aliphatic heterocycles. The average Bonchev–Trinajstić information content (AvgIpc) is 3.08. The molecule has 6 heteroatoms. The lowest BCUT2D eigenvalue weighted by atomic mass is 10.1. The Kier molecular flexibility index (Phi) is 4.60. The van der Waals surface area contributed by atoms with Crippen molar-refractivity contribution >= 4 is 5.82 Å². The van der Waals surface area contributed by atoms with Gasteiger partial charge in [-0.15, -0.1) is 0 Å². The number of anilines is 1. The van der Waals surface area contributed by atoms with Crippen molar-refractivity contribution in [1.29, 1.82) is 0 Å². The van der Waals surface area contributed by atoms with Crippen molar-refractivity contribution in [1.82, 2.24) is 9.78 Å².